The van der Waals surface area contributed by atoms with E-state index in [1.807, 2.05) is 0 Å². The van der Waals surface area contributed by atoms with E-state index in [2.05, 4.69) is 49.9 Å². The summed E-state index contributed by atoms with van der Waals surface area (Å²) in [4.78, 5) is 9.45. The fourth-order valence-corrected chi connectivity index (χ4v) is 2.76. The summed E-state index contributed by atoms with van der Waals surface area (Å²) in [5.41, 5.74) is 3.53. The lowest BCUT2D eigenvalue weighted by molar-refractivity contribution is -0.0101. The molecule has 1 aromatic heterocycles. The molecule has 1 aliphatic rings. The normalized spacial score (nSPS) is 19.2. The van der Waals surface area contributed by atoms with Gasteiger partial charge in [-0.15, -0.1) is 0 Å². The second-order valence-corrected chi connectivity index (χ2v) is 6.49. The molecule has 0 amide bonds. The van der Waals surface area contributed by atoms with Gasteiger partial charge in [0.05, 0.1) is 30.7 Å². The van der Waals surface area contributed by atoms with Crippen LogP contribution in [0, 0.1) is 0 Å². The van der Waals surface area contributed by atoms with Gasteiger partial charge in [-0.1, -0.05) is 13.8 Å². The largest absolute Gasteiger partial charge is 0.382 e. The predicted octanol–water partition coefficient (Wildman–Crippen LogP) is 2.12. The standard InChI is InChI=1S/C17H29N3O2/c1-13(2)15-6-7-17(16(18-15)11-19(3)4)20-8-9-22-14(10-20)12-21-5/h6-7,13-14H,8-12H2,1-5H3/t14-/m0/s1. The summed E-state index contributed by atoms with van der Waals surface area (Å²) in [6.45, 7) is 8.36. The van der Waals surface area contributed by atoms with E-state index in [1.165, 1.54) is 5.69 Å². The third-order valence-corrected chi connectivity index (χ3v) is 3.86. The van der Waals surface area contributed by atoms with Gasteiger partial charge in [-0.2, -0.15) is 0 Å². The highest BCUT2D eigenvalue weighted by atomic mass is 16.5. The number of nitrogens with zero attached hydrogens (tertiary/aromatic N) is 3. The molecule has 0 aliphatic carbocycles. The highest BCUT2D eigenvalue weighted by Gasteiger charge is 2.23. The summed E-state index contributed by atoms with van der Waals surface area (Å²) >= 11 is 0. The van der Waals surface area contributed by atoms with Gasteiger partial charge in [0.2, 0.25) is 0 Å². The molecule has 0 unspecified atom stereocenters. The van der Waals surface area contributed by atoms with Crippen LogP contribution in [0.4, 0.5) is 5.69 Å². The quantitative estimate of drug-likeness (QED) is 0.805. The van der Waals surface area contributed by atoms with E-state index in [9.17, 15) is 0 Å². The average molecular weight is 307 g/mol. The first-order valence-corrected chi connectivity index (χ1v) is 8.01. The molecule has 5 nitrogen and oxygen atoms in total. The van der Waals surface area contributed by atoms with Crippen LogP contribution < -0.4 is 4.90 Å². The molecule has 2 rings (SSSR count). The lowest BCUT2D eigenvalue weighted by Crippen LogP contribution is -2.45. The first-order chi connectivity index (χ1) is 10.5. The van der Waals surface area contributed by atoms with Gasteiger partial charge < -0.3 is 19.3 Å². The molecule has 0 aromatic carbocycles. The van der Waals surface area contributed by atoms with Crippen LogP contribution in [-0.4, -0.2) is 63.5 Å². The lowest BCUT2D eigenvalue weighted by atomic mass is 10.1. The van der Waals surface area contributed by atoms with E-state index in [0.717, 1.165) is 37.6 Å². The minimum absolute atomic E-state index is 0.135. The van der Waals surface area contributed by atoms with E-state index in [1.54, 1.807) is 7.11 Å². The molecule has 0 spiro atoms. The summed E-state index contributed by atoms with van der Waals surface area (Å²) < 4.78 is 11.0. The summed E-state index contributed by atoms with van der Waals surface area (Å²) in [5, 5.41) is 0. The van der Waals surface area contributed by atoms with Gasteiger partial charge in [-0.3, -0.25) is 4.98 Å². The topological polar surface area (TPSA) is 37.8 Å². The zero-order valence-electron chi connectivity index (χ0n) is 14.5. The van der Waals surface area contributed by atoms with Crippen LogP contribution >= 0.6 is 0 Å². The molecule has 2 heterocycles. The van der Waals surface area contributed by atoms with Gasteiger partial charge in [0.15, 0.2) is 0 Å². The van der Waals surface area contributed by atoms with Crippen molar-refractivity contribution in [1.29, 1.82) is 0 Å². The molecule has 1 aliphatic heterocycles. The van der Waals surface area contributed by atoms with E-state index in [-0.39, 0.29) is 6.10 Å². The van der Waals surface area contributed by atoms with Crippen molar-refractivity contribution in [3.8, 4) is 0 Å². The number of hydrogen-bond donors (Lipinski definition) is 0. The van der Waals surface area contributed by atoms with Crippen molar-refractivity contribution in [2.24, 2.45) is 0 Å². The van der Waals surface area contributed by atoms with Crippen LogP contribution in [0.25, 0.3) is 0 Å². The van der Waals surface area contributed by atoms with Crippen molar-refractivity contribution in [1.82, 2.24) is 9.88 Å². The maximum absolute atomic E-state index is 5.76. The van der Waals surface area contributed by atoms with Crippen molar-refractivity contribution in [2.45, 2.75) is 32.4 Å². The molecule has 1 saturated heterocycles. The first kappa shape index (κ1) is 17.2. The van der Waals surface area contributed by atoms with Crippen LogP contribution in [0.2, 0.25) is 0 Å². The Hall–Kier alpha value is -1.17. The molecule has 5 heteroatoms. The average Bonchev–Trinajstić information content (AvgIpc) is 2.47. The number of anilines is 1. The zero-order chi connectivity index (χ0) is 16.1. The Kier molecular flexibility index (Phi) is 6.17. The minimum atomic E-state index is 0.135. The van der Waals surface area contributed by atoms with E-state index in [4.69, 9.17) is 14.5 Å². The maximum atomic E-state index is 5.76. The molecule has 0 N–H and O–H groups in total. The van der Waals surface area contributed by atoms with E-state index >= 15 is 0 Å². The van der Waals surface area contributed by atoms with Gasteiger partial charge in [0.1, 0.15) is 0 Å². The third-order valence-electron chi connectivity index (χ3n) is 3.86. The molecule has 1 atom stereocenters. The molecular formula is C17H29N3O2. The third kappa shape index (κ3) is 4.41. The molecule has 1 aromatic rings. The van der Waals surface area contributed by atoms with Gasteiger partial charge in [0.25, 0.3) is 0 Å². The Balaban J connectivity index is 2.24. The summed E-state index contributed by atoms with van der Waals surface area (Å²) in [5.74, 6) is 0.445. The minimum Gasteiger partial charge on any atom is -0.382 e. The maximum Gasteiger partial charge on any atom is 0.0983 e. The van der Waals surface area contributed by atoms with Crippen LogP contribution in [0.3, 0.4) is 0 Å². The van der Waals surface area contributed by atoms with Gasteiger partial charge >= 0.3 is 0 Å². The van der Waals surface area contributed by atoms with Gasteiger partial charge in [0, 0.05) is 32.4 Å². The highest BCUT2D eigenvalue weighted by Crippen LogP contribution is 2.25. The Morgan fingerprint density at radius 3 is 2.82 bits per heavy atom. The Labute approximate surface area is 134 Å². The molecule has 0 radical (unpaired) electrons. The van der Waals surface area contributed by atoms with Crippen molar-refractivity contribution in [2.75, 3.05) is 52.4 Å². The van der Waals surface area contributed by atoms with E-state index in [0.29, 0.717) is 12.5 Å². The van der Waals surface area contributed by atoms with Gasteiger partial charge in [-0.25, -0.2) is 0 Å². The molecule has 0 bridgehead atoms. The monoisotopic (exact) mass is 307 g/mol. The van der Waals surface area contributed by atoms with Crippen LogP contribution in [-0.2, 0) is 16.0 Å². The smallest absolute Gasteiger partial charge is 0.0983 e. The Morgan fingerprint density at radius 2 is 2.18 bits per heavy atom. The van der Waals surface area contributed by atoms with Crippen molar-refractivity contribution < 1.29 is 9.47 Å². The predicted molar refractivity (Wildman–Crippen MR) is 89.5 cm³/mol. The summed E-state index contributed by atoms with van der Waals surface area (Å²) in [6.07, 6.45) is 0.135. The number of methoxy groups -OCH3 is 1. The number of pyridine rings is 1. The zero-order valence-corrected chi connectivity index (χ0v) is 14.5. The molecular weight excluding hydrogens is 278 g/mol. The first-order valence-electron chi connectivity index (χ1n) is 8.01. The van der Waals surface area contributed by atoms with Crippen LogP contribution in [0.5, 0.6) is 0 Å². The number of hydrogen-bond acceptors (Lipinski definition) is 5. The van der Waals surface area contributed by atoms with Crippen molar-refractivity contribution >= 4 is 5.69 Å². The molecule has 0 saturated carbocycles. The summed E-state index contributed by atoms with van der Waals surface area (Å²) in [6, 6.07) is 4.37. The number of aromatic nitrogens is 1. The van der Waals surface area contributed by atoms with E-state index < -0.39 is 0 Å². The van der Waals surface area contributed by atoms with Crippen molar-refractivity contribution in [3.63, 3.8) is 0 Å². The van der Waals surface area contributed by atoms with Crippen molar-refractivity contribution in [3.05, 3.63) is 23.5 Å². The van der Waals surface area contributed by atoms with Gasteiger partial charge in [-0.05, 0) is 32.1 Å². The molecule has 1 fully saturated rings. The fraction of sp³-hybridized carbons (Fsp3) is 0.706. The number of morpholine rings is 1. The Bertz CT molecular complexity index is 475. The Morgan fingerprint density at radius 1 is 1.41 bits per heavy atom. The molecule has 22 heavy (non-hydrogen) atoms. The SMILES string of the molecule is COC[C@@H]1CN(c2ccc(C(C)C)nc2CN(C)C)CCO1. The highest BCUT2D eigenvalue weighted by molar-refractivity contribution is 5.52. The van der Waals surface area contributed by atoms with Crippen LogP contribution in [0.1, 0.15) is 31.2 Å². The number of ether oxygens (including phenoxy) is 2. The molecule has 124 valence electrons. The summed E-state index contributed by atoms with van der Waals surface area (Å²) in [7, 11) is 5.89. The number of rotatable bonds is 6. The lowest BCUT2D eigenvalue weighted by Gasteiger charge is -2.35. The fourth-order valence-electron chi connectivity index (χ4n) is 2.76. The second kappa shape index (κ2) is 7.90. The second-order valence-electron chi connectivity index (χ2n) is 6.49. The van der Waals surface area contributed by atoms with Crippen LogP contribution in [0.15, 0.2) is 12.1 Å².